The molecular weight excluding hydrogens is 228 g/mol. The Kier molecular flexibility index (Phi) is 6.47. The minimum atomic E-state index is -0.262. The molecule has 4 heteroatoms. The quantitative estimate of drug-likeness (QED) is 0.537. The number of unbranched alkanes of at least 4 members (excludes halogenated alkanes) is 2. The first-order valence-corrected chi connectivity index (χ1v) is 6.90. The fourth-order valence-electron chi connectivity index (χ4n) is 2.53. The molecule has 0 aromatic heterocycles. The van der Waals surface area contributed by atoms with E-state index in [1.165, 1.54) is 24.8 Å². The van der Waals surface area contributed by atoms with Crippen LogP contribution in [0.1, 0.15) is 64.2 Å². The smallest absolute Gasteiger partial charge is 0.244 e. The predicted molar refractivity (Wildman–Crippen MR) is 71.6 cm³/mol. The summed E-state index contributed by atoms with van der Waals surface area (Å²) < 4.78 is 0. The highest BCUT2D eigenvalue weighted by atomic mass is 16.1. The number of amides is 2. The Hall–Kier alpha value is -1.32. The van der Waals surface area contributed by atoms with Crippen LogP contribution in [0.2, 0.25) is 0 Å². The van der Waals surface area contributed by atoms with Gasteiger partial charge in [-0.15, -0.1) is 0 Å². The SMILES string of the molecule is NC(=O)CCCCCC(C(N)=O)=C1CCCCC1. The molecule has 0 saturated heterocycles. The Morgan fingerprint density at radius 1 is 0.889 bits per heavy atom. The van der Waals surface area contributed by atoms with Crippen LogP contribution in [0, 0.1) is 0 Å². The lowest BCUT2D eigenvalue weighted by atomic mass is 9.88. The molecule has 0 radical (unpaired) electrons. The van der Waals surface area contributed by atoms with Crippen molar-refractivity contribution < 1.29 is 9.59 Å². The van der Waals surface area contributed by atoms with Gasteiger partial charge in [0, 0.05) is 12.0 Å². The molecule has 1 saturated carbocycles. The van der Waals surface area contributed by atoms with Gasteiger partial charge in [-0.25, -0.2) is 0 Å². The van der Waals surface area contributed by atoms with Crippen LogP contribution in [0.15, 0.2) is 11.1 Å². The minimum Gasteiger partial charge on any atom is -0.370 e. The van der Waals surface area contributed by atoms with Gasteiger partial charge in [-0.2, -0.15) is 0 Å². The molecule has 1 rings (SSSR count). The summed E-state index contributed by atoms with van der Waals surface area (Å²) in [6.45, 7) is 0. The normalized spacial score (nSPS) is 15.4. The molecule has 4 N–H and O–H groups in total. The van der Waals surface area contributed by atoms with Crippen LogP contribution in [0.4, 0.5) is 0 Å². The van der Waals surface area contributed by atoms with Crippen LogP contribution < -0.4 is 11.5 Å². The van der Waals surface area contributed by atoms with Crippen LogP contribution in [0.5, 0.6) is 0 Å². The Morgan fingerprint density at radius 3 is 2.06 bits per heavy atom. The topological polar surface area (TPSA) is 86.2 Å². The van der Waals surface area contributed by atoms with Crippen molar-refractivity contribution in [1.82, 2.24) is 0 Å². The van der Waals surface area contributed by atoms with Crippen molar-refractivity contribution in [2.24, 2.45) is 11.5 Å². The molecule has 1 fully saturated rings. The molecule has 0 heterocycles. The molecule has 1 aliphatic carbocycles. The van der Waals surface area contributed by atoms with E-state index in [-0.39, 0.29) is 11.8 Å². The highest BCUT2D eigenvalue weighted by Gasteiger charge is 2.14. The second kappa shape index (κ2) is 7.90. The fraction of sp³-hybridized carbons (Fsp3) is 0.714. The number of nitrogens with two attached hydrogens (primary N) is 2. The lowest BCUT2D eigenvalue weighted by molar-refractivity contribution is -0.118. The van der Waals surface area contributed by atoms with Gasteiger partial charge < -0.3 is 11.5 Å². The van der Waals surface area contributed by atoms with Crippen molar-refractivity contribution in [2.45, 2.75) is 64.2 Å². The maximum absolute atomic E-state index is 11.5. The van der Waals surface area contributed by atoms with E-state index in [4.69, 9.17) is 11.5 Å². The van der Waals surface area contributed by atoms with E-state index in [0.29, 0.717) is 6.42 Å². The number of hydrogen-bond donors (Lipinski definition) is 2. The summed E-state index contributed by atoms with van der Waals surface area (Å²) in [4.78, 5) is 22.1. The lowest BCUT2D eigenvalue weighted by Crippen LogP contribution is -2.17. The molecule has 0 spiro atoms. The van der Waals surface area contributed by atoms with Gasteiger partial charge in [0.1, 0.15) is 0 Å². The molecule has 1 aliphatic rings. The number of rotatable bonds is 7. The lowest BCUT2D eigenvalue weighted by Gasteiger charge is -2.17. The molecule has 0 aromatic carbocycles. The van der Waals surface area contributed by atoms with Gasteiger partial charge in [0.05, 0.1) is 0 Å². The maximum atomic E-state index is 11.5. The number of allylic oxidation sites excluding steroid dienone is 1. The summed E-state index contributed by atoms with van der Waals surface area (Å²) in [6, 6.07) is 0. The van der Waals surface area contributed by atoms with Crippen molar-refractivity contribution >= 4 is 11.8 Å². The van der Waals surface area contributed by atoms with E-state index in [9.17, 15) is 9.59 Å². The Bertz CT molecular complexity index is 327. The number of carbonyl (C=O) groups excluding carboxylic acids is 2. The zero-order chi connectivity index (χ0) is 13.4. The van der Waals surface area contributed by atoms with E-state index in [0.717, 1.165) is 44.1 Å². The summed E-state index contributed by atoms with van der Waals surface area (Å²) in [7, 11) is 0. The second-order valence-corrected chi connectivity index (χ2v) is 5.03. The highest BCUT2D eigenvalue weighted by Crippen LogP contribution is 2.28. The summed E-state index contributed by atoms with van der Waals surface area (Å²) in [5, 5.41) is 0. The predicted octanol–water partition coefficient (Wildman–Crippen LogP) is 2.17. The number of primary amides is 2. The van der Waals surface area contributed by atoms with Crippen LogP contribution in [0.3, 0.4) is 0 Å². The first-order chi connectivity index (χ1) is 8.61. The average molecular weight is 252 g/mol. The summed E-state index contributed by atoms with van der Waals surface area (Å²) in [5.74, 6) is -0.516. The third-order valence-electron chi connectivity index (χ3n) is 3.53. The molecule has 102 valence electrons. The first kappa shape index (κ1) is 14.7. The van der Waals surface area contributed by atoms with Crippen molar-refractivity contribution in [3.8, 4) is 0 Å². The standard InChI is InChI=1S/C14H24N2O2/c15-13(17)10-6-2-5-9-12(14(16)18)11-7-3-1-4-8-11/h1-10H2,(H2,15,17)(H2,16,18). The van der Waals surface area contributed by atoms with Crippen LogP contribution in [-0.4, -0.2) is 11.8 Å². The summed E-state index contributed by atoms with van der Waals surface area (Å²) >= 11 is 0. The molecule has 0 bridgehead atoms. The third kappa shape index (κ3) is 5.34. The van der Waals surface area contributed by atoms with Crippen LogP contribution >= 0.6 is 0 Å². The minimum absolute atomic E-state index is 0.254. The fourth-order valence-corrected chi connectivity index (χ4v) is 2.53. The zero-order valence-electron chi connectivity index (χ0n) is 11.0. The number of hydrogen-bond acceptors (Lipinski definition) is 2. The summed E-state index contributed by atoms with van der Waals surface area (Å²) in [5.41, 5.74) is 12.6. The largest absolute Gasteiger partial charge is 0.370 e. The van der Waals surface area contributed by atoms with Gasteiger partial charge in [-0.3, -0.25) is 9.59 Å². The van der Waals surface area contributed by atoms with E-state index in [1.54, 1.807) is 0 Å². The van der Waals surface area contributed by atoms with E-state index in [1.807, 2.05) is 0 Å². The highest BCUT2D eigenvalue weighted by molar-refractivity contribution is 5.92. The van der Waals surface area contributed by atoms with E-state index >= 15 is 0 Å². The van der Waals surface area contributed by atoms with Crippen molar-refractivity contribution in [3.63, 3.8) is 0 Å². The molecular formula is C14H24N2O2. The van der Waals surface area contributed by atoms with E-state index in [2.05, 4.69) is 0 Å². The molecule has 0 atom stereocenters. The van der Waals surface area contributed by atoms with Crippen molar-refractivity contribution in [3.05, 3.63) is 11.1 Å². The maximum Gasteiger partial charge on any atom is 0.244 e. The Balaban J connectivity index is 2.39. The summed E-state index contributed by atoms with van der Waals surface area (Å²) in [6.07, 6.45) is 9.49. The van der Waals surface area contributed by atoms with Gasteiger partial charge in [0.15, 0.2) is 0 Å². The molecule has 2 amide bonds. The van der Waals surface area contributed by atoms with Gasteiger partial charge in [0.2, 0.25) is 11.8 Å². The molecule has 18 heavy (non-hydrogen) atoms. The monoisotopic (exact) mass is 252 g/mol. The molecule has 4 nitrogen and oxygen atoms in total. The Labute approximate surface area is 109 Å². The zero-order valence-corrected chi connectivity index (χ0v) is 11.0. The second-order valence-electron chi connectivity index (χ2n) is 5.03. The first-order valence-electron chi connectivity index (χ1n) is 6.90. The van der Waals surface area contributed by atoms with Gasteiger partial charge >= 0.3 is 0 Å². The molecule has 0 aromatic rings. The Morgan fingerprint density at radius 2 is 1.50 bits per heavy atom. The third-order valence-corrected chi connectivity index (χ3v) is 3.53. The van der Waals surface area contributed by atoms with E-state index < -0.39 is 0 Å². The van der Waals surface area contributed by atoms with Gasteiger partial charge in [-0.05, 0) is 44.9 Å². The molecule has 0 unspecified atom stereocenters. The van der Waals surface area contributed by atoms with Gasteiger partial charge in [0.25, 0.3) is 0 Å². The molecule has 0 aliphatic heterocycles. The average Bonchev–Trinajstić information content (AvgIpc) is 2.34. The van der Waals surface area contributed by atoms with Crippen LogP contribution in [0.25, 0.3) is 0 Å². The van der Waals surface area contributed by atoms with Crippen molar-refractivity contribution in [1.29, 1.82) is 0 Å². The van der Waals surface area contributed by atoms with Crippen molar-refractivity contribution in [2.75, 3.05) is 0 Å². The van der Waals surface area contributed by atoms with Gasteiger partial charge in [-0.1, -0.05) is 18.4 Å². The number of carbonyl (C=O) groups is 2. The van der Waals surface area contributed by atoms with Crippen LogP contribution in [-0.2, 0) is 9.59 Å².